The van der Waals surface area contributed by atoms with Gasteiger partial charge in [-0.3, -0.25) is 4.79 Å². The van der Waals surface area contributed by atoms with E-state index < -0.39 is 5.91 Å². The highest BCUT2D eigenvalue weighted by molar-refractivity contribution is 7.80. The molecule has 0 bridgehead atoms. The molecule has 0 fully saturated rings. The third-order valence-electron chi connectivity index (χ3n) is 2.29. The topological polar surface area (TPSA) is 72.3 Å². The molecule has 4 N–H and O–H groups in total. The second-order valence-corrected chi connectivity index (χ2v) is 4.38. The van der Waals surface area contributed by atoms with E-state index in [-0.39, 0.29) is 11.5 Å². The van der Waals surface area contributed by atoms with E-state index in [2.05, 4.69) is 0 Å². The fourth-order valence-electron chi connectivity index (χ4n) is 1.53. The van der Waals surface area contributed by atoms with Crippen LogP contribution in [-0.4, -0.2) is 24.0 Å². The number of carbonyl (C=O) groups is 1. The zero-order valence-corrected chi connectivity index (χ0v) is 11.0. The Bertz CT molecular complexity index is 450. The number of nitrogens with two attached hydrogens (primary N) is 2. The molecule has 1 rings (SSSR count). The zero-order chi connectivity index (χ0) is 13.0. The number of carbonyl (C=O) groups excluding carboxylic acids is 1. The molecule has 17 heavy (non-hydrogen) atoms. The SMILES string of the molecule is CCN(CC(N)=O)c1cc(Cl)ccc1C(N)=S. The Labute approximate surface area is 111 Å². The van der Waals surface area contributed by atoms with E-state index in [0.717, 1.165) is 5.69 Å². The minimum absolute atomic E-state index is 0.104. The maximum Gasteiger partial charge on any atom is 0.236 e. The lowest BCUT2D eigenvalue weighted by Gasteiger charge is -2.24. The van der Waals surface area contributed by atoms with Gasteiger partial charge in [-0.1, -0.05) is 23.8 Å². The molecular formula is C11H14ClN3OS. The number of primary amides is 1. The number of hydrogen-bond acceptors (Lipinski definition) is 3. The van der Waals surface area contributed by atoms with Crippen molar-refractivity contribution in [1.82, 2.24) is 0 Å². The number of anilines is 1. The van der Waals surface area contributed by atoms with E-state index in [9.17, 15) is 4.79 Å². The standard InChI is InChI=1S/C11H14ClN3OS/c1-2-15(6-10(13)16)9-5-7(12)3-4-8(9)11(14)17/h3-5H,2,6H2,1H3,(H2,13,16)(H2,14,17). The summed E-state index contributed by atoms with van der Waals surface area (Å²) in [4.78, 5) is 13.0. The number of nitrogens with zero attached hydrogens (tertiary/aromatic N) is 1. The molecular weight excluding hydrogens is 258 g/mol. The van der Waals surface area contributed by atoms with Gasteiger partial charge in [0, 0.05) is 22.8 Å². The van der Waals surface area contributed by atoms with E-state index in [4.69, 9.17) is 35.3 Å². The Hall–Kier alpha value is -1.33. The number of hydrogen-bond donors (Lipinski definition) is 2. The van der Waals surface area contributed by atoms with Crippen LogP contribution in [0.2, 0.25) is 5.02 Å². The second-order valence-electron chi connectivity index (χ2n) is 3.51. The summed E-state index contributed by atoms with van der Waals surface area (Å²) < 4.78 is 0. The van der Waals surface area contributed by atoms with Crippen LogP contribution in [0.4, 0.5) is 5.69 Å². The van der Waals surface area contributed by atoms with Crippen LogP contribution in [0.25, 0.3) is 0 Å². The summed E-state index contributed by atoms with van der Waals surface area (Å²) in [6, 6.07) is 5.17. The molecule has 0 spiro atoms. The number of halogens is 1. The number of amides is 1. The maximum absolute atomic E-state index is 11.0. The first-order valence-corrected chi connectivity index (χ1v) is 5.87. The Kier molecular flexibility index (Phi) is 4.72. The van der Waals surface area contributed by atoms with E-state index in [1.807, 2.05) is 6.92 Å². The number of likely N-dealkylation sites (N-methyl/N-ethyl adjacent to an activating group) is 1. The summed E-state index contributed by atoms with van der Waals surface area (Å²) in [5.41, 5.74) is 12.2. The molecule has 0 aromatic heterocycles. The molecule has 0 heterocycles. The molecule has 6 heteroatoms. The van der Waals surface area contributed by atoms with Gasteiger partial charge in [-0.05, 0) is 25.1 Å². The highest BCUT2D eigenvalue weighted by atomic mass is 35.5. The van der Waals surface area contributed by atoms with Gasteiger partial charge in [-0.15, -0.1) is 0 Å². The predicted octanol–water partition coefficient (Wildman–Crippen LogP) is 1.29. The van der Waals surface area contributed by atoms with Crippen LogP contribution in [0, 0.1) is 0 Å². The maximum atomic E-state index is 11.0. The summed E-state index contributed by atoms with van der Waals surface area (Å²) in [5, 5.41) is 0.558. The van der Waals surface area contributed by atoms with Crippen LogP contribution in [0.3, 0.4) is 0 Å². The lowest BCUT2D eigenvalue weighted by Crippen LogP contribution is -2.34. The van der Waals surface area contributed by atoms with Crippen LogP contribution < -0.4 is 16.4 Å². The lowest BCUT2D eigenvalue weighted by atomic mass is 10.1. The van der Waals surface area contributed by atoms with Crippen LogP contribution >= 0.6 is 23.8 Å². The molecule has 0 aliphatic carbocycles. The Morgan fingerprint density at radius 2 is 2.12 bits per heavy atom. The van der Waals surface area contributed by atoms with Crippen molar-refractivity contribution in [3.8, 4) is 0 Å². The molecule has 1 amide bonds. The number of thiocarbonyl (C=S) groups is 1. The highest BCUT2D eigenvalue weighted by Gasteiger charge is 2.14. The van der Waals surface area contributed by atoms with Gasteiger partial charge in [0.05, 0.1) is 6.54 Å². The third-order valence-corrected chi connectivity index (χ3v) is 2.75. The van der Waals surface area contributed by atoms with E-state index in [1.54, 1.807) is 23.1 Å². The minimum atomic E-state index is -0.416. The van der Waals surface area contributed by atoms with Crippen LogP contribution in [-0.2, 0) is 4.79 Å². The van der Waals surface area contributed by atoms with Gasteiger partial charge >= 0.3 is 0 Å². The highest BCUT2D eigenvalue weighted by Crippen LogP contribution is 2.24. The normalized spacial score (nSPS) is 10.0. The molecule has 0 aliphatic rings. The average Bonchev–Trinajstić information content (AvgIpc) is 2.25. The van der Waals surface area contributed by atoms with Crippen molar-refractivity contribution < 1.29 is 4.79 Å². The molecule has 0 saturated heterocycles. The summed E-state index contributed by atoms with van der Waals surface area (Å²) in [6.07, 6.45) is 0. The van der Waals surface area contributed by atoms with E-state index >= 15 is 0 Å². The molecule has 1 aromatic rings. The summed E-state index contributed by atoms with van der Waals surface area (Å²) in [7, 11) is 0. The first-order chi connectivity index (χ1) is 7.95. The van der Waals surface area contributed by atoms with Crippen LogP contribution in [0.15, 0.2) is 18.2 Å². The molecule has 0 unspecified atom stereocenters. The van der Waals surface area contributed by atoms with Gasteiger partial charge in [0.2, 0.25) is 5.91 Å². The monoisotopic (exact) mass is 271 g/mol. The lowest BCUT2D eigenvalue weighted by molar-refractivity contribution is -0.116. The van der Waals surface area contributed by atoms with Crippen LogP contribution in [0.1, 0.15) is 12.5 Å². The number of benzene rings is 1. The van der Waals surface area contributed by atoms with Crippen molar-refractivity contribution in [1.29, 1.82) is 0 Å². The third kappa shape index (κ3) is 3.57. The van der Waals surface area contributed by atoms with Gasteiger partial charge in [-0.25, -0.2) is 0 Å². The van der Waals surface area contributed by atoms with Crippen molar-refractivity contribution in [2.24, 2.45) is 11.5 Å². The first kappa shape index (κ1) is 13.7. The molecule has 0 aliphatic heterocycles. The molecule has 0 atom stereocenters. The van der Waals surface area contributed by atoms with Crippen LogP contribution in [0.5, 0.6) is 0 Å². The van der Waals surface area contributed by atoms with Crippen molar-refractivity contribution in [2.75, 3.05) is 18.0 Å². The molecule has 0 saturated carbocycles. The minimum Gasteiger partial charge on any atom is -0.389 e. The fourth-order valence-corrected chi connectivity index (χ4v) is 1.87. The largest absolute Gasteiger partial charge is 0.389 e. The predicted molar refractivity (Wildman–Crippen MR) is 74.4 cm³/mol. The van der Waals surface area contributed by atoms with Gasteiger partial charge in [0.25, 0.3) is 0 Å². The quantitative estimate of drug-likeness (QED) is 0.792. The molecule has 92 valence electrons. The average molecular weight is 272 g/mol. The first-order valence-electron chi connectivity index (χ1n) is 5.08. The van der Waals surface area contributed by atoms with Gasteiger partial charge in [0.15, 0.2) is 0 Å². The Balaban J connectivity index is 3.20. The van der Waals surface area contributed by atoms with E-state index in [1.165, 1.54) is 0 Å². The Morgan fingerprint density at radius 1 is 1.47 bits per heavy atom. The summed E-state index contributed by atoms with van der Waals surface area (Å²) in [6.45, 7) is 2.62. The molecule has 0 radical (unpaired) electrons. The zero-order valence-electron chi connectivity index (χ0n) is 9.44. The van der Waals surface area contributed by atoms with Gasteiger partial charge in [-0.2, -0.15) is 0 Å². The number of rotatable bonds is 5. The van der Waals surface area contributed by atoms with Crippen molar-refractivity contribution in [3.63, 3.8) is 0 Å². The fraction of sp³-hybridized carbons (Fsp3) is 0.273. The smallest absolute Gasteiger partial charge is 0.236 e. The molecule has 4 nitrogen and oxygen atoms in total. The summed E-state index contributed by atoms with van der Waals surface area (Å²) >= 11 is 10.9. The van der Waals surface area contributed by atoms with Gasteiger partial charge < -0.3 is 16.4 Å². The van der Waals surface area contributed by atoms with Crippen molar-refractivity contribution >= 4 is 40.4 Å². The van der Waals surface area contributed by atoms with Crippen molar-refractivity contribution in [2.45, 2.75) is 6.92 Å². The van der Waals surface area contributed by atoms with Crippen molar-refractivity contribution in [3.05, 3.63) is 28.8 Å². The second kappa shape index (κ2) is 5.84. The summed E-state index contributed by atoms with van der Waals surface area (Å²) in [5.74, 6) is -0.416. The van der Waals surface area contributed by atoms with Gasteiger partial charge in [0.1, 0.15) is 4.99 Å². The Morgan fingerprint density at radius 3 is 2.59 bits per heavy atom. The molecule has 1 aromatic carbocycles. The van der Waals surface area contributed by atoms with E-state index in [0.29, 0.717) is 17.1 Å².